The Balaban J connectivity index is 1.44. The van der Waals surface area contributed by atoms with Crippen LogP contribution in [0.1, 0.15) is 16.7 Å². The van der Waals surface area contributed by atoms with Gasteiger partial charge in [0.05, 0.1) is 12.0 Å². The third-order valence-electron chi connectivity index (χ3n) is 5.11. The Morgan fingerprint density at radius 3 is 2.48 bits per heavy atom. The Bertz CT molecular complexity index is 1200. The Hall–Kier alpha value is -3.58. The first kappa shape index (κ1) is 22.6. The van der Waals surface area contributed by atoms with Crippen molar-refractivity contribution in [2.75, 3.05) is 13.7 Å². The van der Waals surface area contributed by atoms with E-state index in [1.165, 1.54) is 24.1 Å². The van der Waals surface area contributed by atoms with E-state index in [2.05, 4.69) is 0 Å². The lowest BCUT2D eigenvalue weighted by Gasteiger charge is -2.12. The number of imide groups is 1. The molecule has 0 bridgehead atoms. The predicted octanol–water partition coefficient (Wildman–Crippen LogP) is 5.69. The van der Waals surface area contributed by atoms with Gasteiger partial charge in [-0.2, -0.15) is 0 Å². The smallest absolute Gasteiger partial charge is 0.293 e. The van der Waals surface area contributed by atoms with Crippen LogP contribution in [0.2, 0.25) is 0 Å². The van der Waals surface area contributed by atoms with E-state index >= 15 is 0 Å². The van der Waals surface area contributed by atoms with Gasteiger partial charge in [-0.1, -0.05) is 48.5 Å². The molecule has 0 unspecified atom stereocenters. The standard InChI is InChI=1S/C26H22FNO4S/c1-31-23-15-19(10-11-22(23)32-17-20-8-5-9-21(27)14-20)16-24-25(29)28(26(30)33-24)13-12-18-6-3-2-4-7-18/h2-11,14-16H,12-13,17H2,1H3/b24-16-. The number of halogens is 1. The summed E-state index contributed by atoms with van der Waals surface area (Å²) in [6, 6.07) is 21.2. The molecule has 3 aromatic rings. The zero-order valence-corrected chi connectivity index (χ0v) is 18.8. The van der Waals surface area contributed by atoms with Crippen LogP contribution >= 0.6 is 11.8 Å². The minimum absolute atomic E-state index is 0.188. The maximum absolute atomic E-state index is 13.4. The highest BCUT2D eigenvalue weighted by atomic mass is 32.2. The highest BCUT2D eigenvalue weighted by Crippen LogP contribution is 2.35. The van der Waals surface area contributed by atoms with Gasteiger partial charge >= 0.3 is 0 Å². The molecule has 33 heavy (non-hydrogen) atoms. The van der Waals surface area contributed by atoms with E-state index in [9.17, 15) is 14.0 Å². The van der Waals surface area contributed by atoms with Crippen molar-refractivity contribution >= 4 is 29.0 Å². The fourth-order valence-electron chi connectivity index (χ4n) is 3.41. The SMILES string of the molecule is COc1cc(/C=C2\SC(=O)N(CCc3ccccc3)C2=O)ccc1OCc1cccc(F)c1. The van der Waals surface area contributed by atoms with Crippen LogP contribution in [0.3, 0.4) is 0 Å². The Kier molecular flexibility index (Phi) is 7.10. The van der Waals surface area contributed by atoms with E-state index in [0.717, 1.165) is 17.3 Å². The largest absolute Gasteiger partial charge is 0.493 e. The van der Waals surface area contributed by atoms with Crippen molar-refractivity contribution in [1.29, 1.82) is 0 Å². The van der Waals surface area contributed by atoms with Gasteiger partial charge in [-0.05, 0) is 65.2 Å². The van der Waals surface area contributed by atoms with Crippen molar-refractivity contribution in [3.05, 3.63) is 100 Å². The summed E-state index contributed by atoms with van der Waals surface area (Å²) < 4.78 is 24.6. The van der Waals surface area contributed by atoms with E-state index in [1.807, 2.05) is 30.3 Å². The number of nitrogens with zero attached hydrogens (tertiary/aromatic N) is 1. The first-order chi connectivity index (χ1) is 16.0. The molecule has 0 saturated carbocycles. The number of amides is 2. The lowest BCUT2D eigenvalue weighted by atomic mass is 10.1. The maximum atomic E-state index is 13.4. The molecule has 0 N–H and O–H groups in total. The van der Waals surface area contributed by atoms with E-state index in [4.69, 9.17) is 9.47 Å². The van der Waals surface area contributed by atoms with Crippen LogP contribution in [0.25, 0.3) is 6.08 Å². The molecule has 0 aromatic heterocycles. The molecule has 0 spiro atoms. The minimum Gasteiger partial charge on any atom is -0.493 e. The predicted molar refractivity (Wildman–Crippen MR) is 127 cm³/mol. The number of carbonyl (C=O) groups excluding carboxylic acids is 2. The van der Waals surface area contributed by atoms with Crippen molar-refractivity contribution in [3.63, 3.8) is 0 Å². The number of rotatable bonds is 8. The molecule has 1 aliphatic rings. The van der Waals surface area contributed by atoms with Crippen LogP contribution in [0.15, 0.2) is 77.7 Å². The zero-order chi connectivity index (χ0) is 23.2. The second-order valence-electron chi connectivity index (χ2n) is 7.40. The summed E-state index contributed by atoms with van der Waals surface area (Å²) in [5.74, 6) is 0.348. The van der Waals surface area contributed by atoms with Crippen LogP contribution in [-0.2, 0) is 17.8 Å². The fraction of sp³-hybridized carbons (Fsp3) is 0.154. The number of ether oxygens (including phenoxy) is 2. The van der Waals surface area contributed by atoms with E-state index in [-0.39, 0.29) is 23.6 Å². The quantitative estimate of drug-likeness (QED) is 0.402. The topological polar surface area (TPSA) is 55.8 Å². The first-order valence-electron chi connectivity index (χ1n) is 10.4. The lowest BCUT2D eigenvalue weighted by molar-refractivity contribution is -0.122. The summed E-state index contributed by atoms with van der Waals surface area (Å²) in [5.41, 5.74) is 2.47. The summed E-state index contributed by atoms with van der Waals surface area (Å²) in [6.07, 6.45) is 2.28. The molecular formula is C26H22FNO4S. The molecule has 0 aliphatic carbocycles. The van der Waals surface area contributed by atoms with Gasteiger partial charge in [0, 0.05) is 6.54 Å². The van der Waals surface area contributed by atoms with Crippen LogP contribution in [0.5, 0.6) is 11.5 Å². The van der Waals surface area contributed by atoms with E-state index in [1.54, 1.807) is 36.4 Å². The number of carbonyl (C=O) groups is 2. The van der Waals surface area contributed by atoms with Crippen LogP contribution in [0.4, 0.5) is 9.18 Å². The molecule has 168 valence electrons. The number of hydrogen-bond donors (Lipinski definition) is 0. The van der Waals surface area contributed by atoms with Crippen molar-refractivity contribution in [3.8, 4) is 11.5 Å². The van der Waals surface area contributed by atoms with E-state index in [0.29, 0.717) is 40.5 Å². The molecule has 1 fully saturated rings. The second kappa shape index (κ2) is 10.4. The molecule has 1 heterocycles. The molecule has 2 amide bonds. The molecule has 1 saturated heterocycles. The second-order valence-corrected chi connectivity index (χ2v) is 8.39. The monoisotopic (exact) mass is 463 g/mol. The molecule has 1 aliphatic heterocycles. The maximum Gasteiger partial charge on any atom is 0.293 e. The van der Waals surface area contributed by atoms with Gasteiger partial charge in [-0.3, -0.25) is 14.5 Å². The Morgan fingerprint density at radius 1 is 0.939 bits per heavy atom. The summed E-state index contributed by atoms with van der Waals surface area (Å²) in [5, 5.41) is -0.274. The highest BCUT2D eigenvalue weighted by molar-refractivity contribution is 8.18. The first-order valence-corrected chi connectivity index (χ1v) is 11.2. The van der Waals surface area contributed by atoms with Gasteiger partial charge in [0.2, 0.25) is 0 Å². The number of benzene rings is 3. The van der Waals surface area contributed by atoms with Crippen LogP contribution in [-0.4, -0.2) is 29.7 Å². The van der Waals surface area contributed by atoms with Gasteiger partial charge in [0.25, 0.3) is 11.1 Å². The van der Waals surface area contributed by atoms with Gasteiger partial charge in [0.1, 0.15) is 12.4 Å². The molecule has 7 heteroatoms. The van der Waals surface area contributed by atoms with E-state index < -0.39 is 0 Å². The Labute approximate surface area is 195 Å². The number of thioether (sulfide) groups is 1. The van der Waals surface area contributed by atoms with Crippen molar-refractivity contribution in [2.45, 2.75) is 13.0 Å². The molecule has 5 nitrogen and oxygen atoms in total. The van der Waals surface area contributed by atoms with Gasteiger partial charge in [0.15, 0.2) is 11.5 Å². The summed E-state index contributed by atoms with van der Waals surface area (Å²) in [6.45, 7) is 0.524. The lowest BCUT2D eigenvalue weighted by Crippen LogP contribution is -2.30. The highest BCUT2D eigenvalue weighted by Gasteiger charge is 2.34. The minimum atomic E-state index is -0.323. The molecule has 0 radical (unpaired) electrons. The Morgan fingerprint density at radius 2 is 1.73 bits per heavy atom. The van der Waals surface area contributed by atoms with Crippen molar-refractivity contribution in [1.82, 2.24) is 4.90 Å². The summed E-state index contributed by atoms with van der Waals surface area (Å²) >= 11 is 0.929. The number of hydrogen-bond acceptors (Lipinski definition) is 5. The zero-order valence-electron chi connectivity index (χ0n) is 18.0. The van der Waals surface area contributed by atoms with Crippen LogP contribution < -0.4 is 9.47 Å². The normalized spacial score (nSPS) is 14.7. The van der Waals surface area contributed by atoms with Gasteiger partial charge < -0.3 is 9.47 Å². The third kappa shape index (κ3) is 5.62. The molecular weight excluding hydrogens is 441 g/mol. The van der Waals surface area contributed by atoms with Crippen LogP contribution in [0, 0.1) is 5.82 Å². The molecule has 3 aromatic carbocycles. The average Bonchev–Trinajstić information content (AvgIpc) is 3.09. The third-order valence-corrected chi connectivity index (χ3v) is 6.02. The average molecular weight is 464 g/mol. The molecule has 0 atom stereocenters. The van der Waals surface area contributed by atoms with Crippen molar-refractivity contribution in [2.24, 2.45) is 0 Å². The van der Waals surface area contributed by atoms with Gasteiger partial charge in [-0.15, -0.1) is 0 Å². The number of methoxy groups -OCH3 is 1. The molecule has 4 rings (SSSR count). The van der Waals surface area contributed by atoms with Gasteiger partial charge in [-0.25, -0.2) is 4.39 Å². The summed E-state index contributed by atoms with van der Waals surface area (Å²) in [4.78, 5) is 26.8. The summed E-state index contributed by atoms with van der Waals surface area (Å²) in [7, 11) is 1.52. The fourth-order valence-corrected chi connectivity index (χ4v) is 4.28. The van der Waals surface area contributed by atoms with Crippen molar-refractivity contribution < 1.29 is 23.5 Å².